The van der Waals surface area contributed by atoms with Crippen LogP contribution in [0.1, 0.15) is 11.1 Å². The topological polar surface area (TPSA) is 28.2 Å². The summed E-state index contributed by atoms with van der Waals surface area (Å²) in [5.41, 5.74) is 3.58. The summed E-state index contributed by atoms with van der Waals surface area (Å²) in [5.74, 6) is 0. The number of hydrogen-bond donors (Lipinski definition) is 1. The number of halogens is 2. The summed E-state index contributed by atoms with van der Waals surface area (Å²) in [6.45, 7) is 1.74. The van der Waals surface area contributed by atoms with Crippen molar-refractivity contribution < 1.29 is 0 Å². The lowest BCUT2D eigenvalue weighted by Gasteiger charge is -2.11. The van der Waals surface area contributed by atoms with Gasteiger partial charge < -0.3 is 10.2 Å². The Morgan fingerprint density at radius 1 is 1.20 bits per heavy atom. The van der Waals surface area contributed by atoms with Crippen molar-refractivity contribution >= 4 is 39.9 Å². The normalized spacial score (nSPS) is 10.8. The zero-order valence-electron chi connectivity index (χ0n) is 11.5. The minimum atomic E-state index is 0.509. The van der Waals surface area contributed by atoms with Crippen molar-refractivity contribution in [2.24, 2.45) is 0 Å². The Kier molecular flexibility index (Phi) is 5.63. The fourth-order valence-corrected chi connectivity index (χ4v) is 2.52. The highest BCUT2D eigenvalue weighted by atomic mass is 127. The fraction of sp³-hybridized carbons (Fsp3) is 0.267. The Morgan fingerprint density at radius 3 is 2.50 bits per heavy atom. The molecule has 106 valence electrons. The van der Waals surface area contributed by atoms with E-state index in [1.165, 1.54) is 11.1 Å². The van der Waals surface area contributed by atoms with Crippen LogP contribution in [0.15, 0.2) is 36.5 Å². The molecule has 3 nitrogen and oxygen atoms in total. The average Bonchev–Trinajstić information content (AvgIpc) is 2.41. The van der Waals surface area contributed by atoms with E-state index in [-0.39, 0.29) is 0 Å². The lowest BCUT2D eigenvalue weighted by atomic mass is 10.1. The van der Waals surface area contributed by atoms with Crippen molar-refractivity contribution in [3.05, 3.63) is 56.4 Å². The summed E-state index contributed by atoms with van der Waals surface area (Å²) >= 11 is 8.16. The van der Waals surface area contributed by atoms with Gasteiger partial charge in [0.05, 0.1) is 9.26 Å². The largest absolute Gasteiger partial charge is 0.380 e. The lowest BCUT2D eigenvalue weighted by molar-refractivity contribution is 0.402. The van der Waals surface area contributed by atoms with Crippen LogP contribution in [0.2, 0.25) is 5.15 Å². The summed E-state index contributed by atoms with van der Waals surface area (Å²) in [6, 6.07) is 10.5. The van der Waals surface area contributed by atoms with Crippen LogP contribution < -0.4 is 5.32 Å². The molecule has 0 unspecified atom stereocenters. The van der Waals surface area contributed by atoms with Gasteiger partial charge in [-0.15, -0.1) is 0 Å². The molecule has 1 heterocycles. The van der Waals surface area contributed by atoms with Gasteiger partial charge >= 0.3 is 0 Å². The first-order valence-corrected chi connectivity index (χ1v) is 7.78. The Labute approximate surface area is 138 Å². The minimum Gasteiger partial charge on any atom is -0.380 e. The molecule has 1 aromatic heterocycles. The molecule has 0 bridgehead atoms. The molecule has 0 atom stereocenters. The third-order valence-electron chi connectivity index (χ3n) is 2.83. The van der Waals surface area contributed by atoms with Gasteiger partial charge in [-0.1, -0.05) is 35.9 Å². The molecule has 1 aromatic carbocycles. The Hall–Kier alpha value is -0.850. The third-order valence-corrected chi connectivity index (χ3v) is 3.89. The first kappa shape index (κ1) is 15.5. The van der Waals surface area contributed by atoms with Gasteiger partial charge in [-0.25, -0.2) is 4.98 Å². The zero-order chi connectivity index (χ0) is 14.5. The number of anilines is 1. The molecule has 5 heteroatoms. The van der Waals surface area contributed by atoms with E-state index in [0.29, 0.717) is 5.15 Å². The highest BCUT2D eigenvalue weighted by molar-refractivity contribution is 14.1. The molecule has 0 saturated carbocycles. The summed E-state index contributed by atoms with van der Waals surface area (Å²) in [4.78, 5) is 6.21. The van der Waals surface area contributed by atoms with Crippen molar-refractivity contribution in [2.45, 2.75) is 13.1 Å². The average molecular weight is 402 g/mol. The molecular weight excluding hydrogens is 385 g/mol. The molecule has 0 amide bonds. The van der Waals surface area contributed by atoms with E-state index in [0.717, 1.165) is 22.3 Å². The summed E-state index contributed by atoms with van der Waals surface area (Å²) in [5, 5.41) is 3.90. The molecule has 0 aliphatic heterocycles. The molecule has 2 aromatic rings. The van der Waals surface area contributed by atoms with E-state index in [9.17, 15) is 0 Å². The van der Waals surface area contributed by atoms with Gasteiger partial charge in [-0.05, 0) is 53.9 Å². The number of benzene rings is 1. The summed E-state index contributed by atoms with van der Waals surface area (Å²) in [6.07, 6.45) is 1.77. The van der Waals surface area contributed by atoms with Gasteiger partial charge in [0.25, 0.3) is 0 Å². The maximum atomic E-state index is 5.91. The van der Waals surface area contributed by atoms with Crippen molar-refractivity contribution in [1.82, 2.24) is 9.88 Å². The van der Waals surface area contributed by atoms with Crippen molar-refractivity contribution in [2.75, 3.05) is 19.4 Å². The van der Waals surface area contributed by atoms with Gasteiger partial charge in [0.1, 0.15) is 5.15 Å². The van der Waals surface area contributed by atoms with Crippen molar-refractivity contribution in [3.8, 4) is 0 Å². The maximum Gasteiger partial charge on any atom is 0.131 e. The molecule has 0 saturated heterocycles. The fourth-order valence-electron chi connectivity index (χ4n) is 1.87. The van der Waals surface area contributed by atoms with Crippen molar-refractivity contribution in [1.29, 1.82) is 0 Å². The van der Waals surface area contributed by atoms with Crippen LogP contribution in [0.4, 0.5) is 5.69 Å². The Balaban J connectivity index is 1.98. The monoisotopic (exact) mass is 401 g/mol. The molecular formula is C15H17ClIN3. The number of pyridine rings is 1. The minimum absolute atomic E-state index is 0.509. The Bertz CT molecular complexity index is 570. The molecule has 0 aliphatic rings. The highest BCUT2D eigenvalue weighted by Gasteiger charge is 2.02. The van der Waals surface area contributed by atoms with Crippen LogP contribution in [0.25, 0.3) is 0 Å². The van der Waals surface area contributed by atoms with Crippen LogP contribution in [0, 0.1) is 3.57 Å². The first-order chi connectivity index (χ1) is 9.54. The number of rotatable bonds is 5. The van der Waals surface area contributed by atoms with E-state index in [1.807, 2.05) is 6.07 Å². The van der Waals surface area contributed by atoms with Crippen LogP contribution in [0.3, 0.4) is 0 Å². The van der Waals surface area contributed by atoms with Gasteiger partial charge in [0.15, 0.2) is 0 Å². The molecule has 0 aliphatic carbocycles. The van der Waals surface area contributed by atoms with E-state index >= 15 is 0 Å². The third kappa shape index (κ3) is 4.61. The van der Waals surface area contributed by atoms with Gasteiger partial charge in [-0.3, -0.25) is 0 Å². The lowest BCUT2D eigenvalue weighted by Crippen LogP contribution is -2.10. The quantitative estimate of drug-likeness (QED) is 0.606. The van der Waals surface area contributed by atoms with Gasteiger partial charge in [-0.2, -0.15) is 0 Å². The van der Waals surface area contributed by atoms with Crippen LogP contribution in [-0.2, 0) is 13.1 Å². The van der Waals surface area contributed by atoms with E-state index in [1.54, 1.807) is 6.20 Å². The number of aromatic nitrogens is 1. The molecule has 20 heavy (non-hydrogen) atoms. The standard InChI is InChI=1S/C15H17ClIN3/c1-20(2)10-12-5-3-11(4-6-12)8-18-14-7-15(16)19-9-13(14)17/h3-7,9H,8,10H2,1-2H3,(H,18,19). The predicted octanol–water partition coefficient (Wildman–Crippen LogP) is 4.01. The van der Waals surface area contributed by atoms with Gasteiger partial charge in [0, 0.05) is 19.3 Å². The number of nitrogens with zero attached hydrogens (tertiary/aromatic N) is 2. The smallest absolute Gasteiger partial charge is 0.131 e. The second-order valence-electron chi connectivity index (χ2n) is 4.89. The molecule has 1 N–H and O–H groups in total. The number of hydrogen-bond acceptors (Lipinski definition) is 3. The van der Waals surface area contributed by atoms with E-state index in [4.69, 9.17) is 11.6 Å². The predicted molar refractivity (Wildman–Crippen MR) is 93.1 cm³/mol. The molecule has 0 fully saturated rings. The highest BCUT2D eigenvalue weighted by Crippen LogP contribution is 2.21. The second kappa shape index (κ2) is 7.24. The zero-order valence-corrected chi connectivity index (χ0v) is 14.4. The first-order valence-electron chi connectivity index (χ1n) is 6.32. The summed E-state index contributed by atoms with van der Waals surface area (Å²) < 4.78 is 1.07. The molecule has 2 rings (SSSR count). The maximum absolute atomic E-state index is 5.91. The molecule has 0 spiro atoms. The number of nitrogens with one attached hydrogen (secondary N) is 1. The van der Waals surface area contributed by atoms with Crippen molar-refractivity contribution in [3.63, 3.8) is 0 Å². The Morgan fingerprint density at radius 2 is 1.85 bits per heavy atom. The van der Waals surface area contributed by atoms with Gasteiger partial charge in [0.2, 0.25) is 0 Å². The van der Waals surface area contributed by atoms with E-state index < -0.39 is 0 Å². The van der Waals surface area contributed by atoms with E-state index in [2.05, 4.69) is 76.2 Å². The SMILES string of the molecule is CN(C)Cc1ccc(CNc2cc(Cl)ncc2I)cc1. The molecule has 0 radical (unpaired) electrons. The van der Waals surface area contributed by atoms with Crippen LogP contribution in [-0.4, -0.2) is 24.0 Å². The summed E-state index contributed by atoms with van der Waals surface area (Å²) in [7, 11) is 4.15. The van der Waals surface area contributed by atoms with Crippen LogP contribution in [0.5, 0.6) is 0 Å². The second-order valence-corrected chi connectivity index (χ2v) is 6.44. The van der Waals surface area contributed by atoms with Crippen LogP contribution >= 0.6 is 34.2 Å².